The van der Waals surface area contributed by atoms with E-state index in [1.807, 2.05) is 6.92 Å². The fourth-order valence-electron chi connectivity index (χ4n) is 2.61. The molecule has 3 fully saturated rings. The Morgan fingerprint density at radius 3 is 2.63 bits per heavy atom. The number of ether oxygens (including phenoxy) is 1. The van der Waals surface area contributed by atoms with Crippen LogP contribution in [0, 0.1) is 0 Å². The van der Waals surface area contributed by atoms with Crippen molar-refractivity contribution in [3.63, 3.8) is 0 Å². The minimum absolute atomic E-state index is 0.0326. The monoisotopic (exact) mass is 279 g/mol. The Balaban J connectivity index is 1.59. The van der Waals surface area contributed by atoms with Crippen LogP contribution in [-0.4, -0.2) is 32.1 Å². The Morgan fingerprint density at radius 2 is 2.05 bits per heavy atom. The topological polar surface area (TPSA) is 57.0 Å². The molecule has 0 amide bonds. The second-order valence-corrected chi connectivity index (χ2v) is 6.98. The highest BCUT2D eigenvalue weighted by molar-refractivity contribution is 8.00. The zero-order valence-corrected chi connectivity index (χ0v) is 11.7. The van der Waals surface area contributed by atoms with Gasteiger partial charge in [0.1, 0.15) is 17.2 Å². The van der Waals surface area contributed by atoms with Gasteiger partial charge in [-0.25, -0.2) is 0 Å². The lowest BCUT2D eigenvalue weighted by atomic mass is 10.3. The number of hydrogen-bond acceptors (Lipinski definition) is 5. The minimum atomic E-state index is -0.108. The molecule has 2 aliphatic carbocycles. The van der Waals surface area contributed by atoms with Crippen LogP contribution in [0.3, 0.4) is 0 Å². The number of carbonyl (C=O) groups is 1. The van der Waals surface area contributed by atoms with Crippen molar-refractivity contribution in [1.82, 2.24) is 14.8 Å². The van der Waals surface area contributed by atoms with Crippen LogP contribution < -0.4 is 0 Å². The number of carbonyl (C=O) groups excluding carboxylic acids is 1. The zero-order valence-electron chi connectivity index (χ0n) is 10.9. The van der Waals surface area contributed by atoms with Crippen molar-refractivity contribution in [2.75, 3.05) is 0 Å². The first-order valence-electron chi connectivity index (χ1n) is 7.04. The van der Waals surface area contributed by atoms with E-state index in [-0.39, 0.29) is 17.3 Å². The molecular formula is C13H17N3O2S. The summed E-state index contributed by atoms with van der Waals surface area (Å²) < 4.78 is 7.50. The molecule has 2 atom stereocenters. The number of rotatable bonds is 4. The number of hydrogen-bond donors (Lipinski definition) is 0. The number of cyclic esters (lactones) is 1. The van der Waals surface area contributed by atoms with Gasteiger partial charge in [-0.05, 0) is 32.6 Å². The maximum absolute atomic E-state index is 11.7. The maximum atomic E-state index is 11.7. The summed E-state index contributed by atoms with van der Waals surface area (Å²) in [7, 11) is 0. The lowest BCUT2D eigenvalue weighted by molar-refractivity contribution is -0.140. The third kappa shape index (κ3) is 2.16. The molecule has 0 bridgehead atoms. The van der Waals surface area contributed by atoms with Crippen LogP contribution in [0.25, 0.3) is 0 Å². The molecule has 4 rings (SSSR count). The first-order valence-corrected chi connectivity index (χ1v) is 7.92. The second-order valence-electron chi connectivity index (χ2n) is 5.81. The summed E-state index contributed by atoms with van der Waals surface area (Å²) in [5.74, 6) is 1.65. The third-order valence-corrected chi connectivity index (χ3v) is 5.08. The van der Waals surface area contributed by atoms with Crippen LogP contribution in [0.5, 0.6) is 0 Å². The number of esters is 1. The Kier molecular flexibility index (Phi) is 2.62. The zero-order chi connectivity index (χ0) is 13.0. The van der Waals surface area contributed by atoms with E-state index in [4.69, 9.17) is 4.74 Å². The van der Waals surface area contributed by atoms with Crippen molar-refractivity contribution in [3.8, 4) is 0 Å². The average molecular weight is 279 g/mol. The van der Waals surface area contributed by atoms with Crippen molar-refractivity contribution in [3.05, 3.63) is 5.82 Å². The molecule has 19 heavy (non-hydrogen) atoms. The molecule has 1 aromatic rings. The Bertz CT molecular complexity index is 522. The molecule has 2 heterocycles. The highest BCUT2D eigenvalue weighted by atomic mass is 32.2. The number of aromatic nitrogens is 3. The summed E-state index contributed by atoms with van der Waals surface area (Å²) in [6, 6.07) is 0.572. The van der Waals surface area contributed by atoms with Crippen molar-refractivity contribution < 1.29 is 9.53 Å². The van der Waals surface area contributed by atoms with Gasteiger partial charge in [-0.1, -0.05) is 11.8 Å². The smallest absolute Gasteiger partial charge is 0.319 e. The lowest BCUT2D eigenvalue weighted by Crippen LogP contribution is -2.11. The highest BCUT2D eigenvalue weighted by Crippen LogP contribution is 2.46. The number of thioether (sulfide) groups is 1. The van der Waals surface area contributed by atoms with E-state index in [9.17, 15) is 4.79 Å². The molecule has 2 unspecified atom stereocenters. The Hall–Kier alpha value is -1.04. The predicted molar refractivity (Wildman–Crippen MR) is 70.1 cm³/mol. The van der Waals surface area contributed by atoms with Crippen molar-refractivity contribution in [2.24, 2.45) is 0 Å². The predicted octanol–water partition coefficient (Wildman–Crippen LogP) is 2.29. The molecule has 6 heteroatoms. The molecular weight excluding hydrogens is 262 g/mol. The average Bonchev–Trinajstić information content (AvgIpc) is 3.28. The molecule has 0 spiro atoms. The Labute approximate surface area is 116 Å². The molecule has 2 saturated carbocycles. The molecule has 1 aromatic heterocycles. The first kappa shape index (κ1) is 11.8. The van der Waals surface area contributed by atoms with Crippen LogP contribution in [0.4, 0.5) is 0 Å². The number of nitrogens with zero attached hydrogens (tertiary/aromatic N) is 3. The molecule has 1 aliphatic heterocycles. The van der Waals surface area contributed by atoms with E-state index in [0.717, 1.165) is 17.4 Å². The largest absolute Gasteiger partial charge is 0.462 e. The summed E-state index contributed by atoms with van der Waals surface area (Å²) in [5, 5.41) is 9.50. The van der Waals surface area contributed by atoms with Crippen LogP contribution in [-0.2, 0) is 9.53 Å². The minimum Gasteiger partial charge on any atom is -0.462 e. The summed E-state index contributed by atoms with van der Waals surface area (Å²) in [4.78, 5) is 11.7. The summed E-state index contributed by atoms with van der Waals surface area (Å²) in [6.45, 7) is 1.94. The second kappa shape index (κ2) is 4.23. The van der Waals surface area contributed by atoms with Crippen LogP contribution in [0.15, 0.2) is 5.16 Å². The maximum Gasteiger partial charge on any atom is 0.319 e. The highest BCUT2D eigenvalue weighted by Gasteiger charge is 2.39. The Morgan fingerprint density at radius 1 is 1.26 bits per heavy atom. The van der Waals surface area contributed by atoms with E-state index in [2.05, 4.69) is 14.8 Å². The summed E-state index contributed by atoms with van der Waals surface area (Å²) >= 11 is 1.54. The van der Waals surface area contributed by atoms with E-state index >= 15 is 0 Å². The van der Waals surface area contributed by atoms with Crippen LogP contribution in [0.2, 0.25) is 0 Å². The van der Waals surface area contributed by atoms with Gasteiger partial charge >= 0.3 is 5.97 Å². The molecule has 0 aromatic carbocycles. The van der Waals surface area contributed by atoms with Crippen LogP contribution in [0.1, 0.15) is 56.8 Å². The van der Waals surface area contributed by atoms with Crippen molar-refractivity contribution >= 4 is 17.7 Å². The fraction of sp³-hybridized carbons (Fsp3) is 0.769. The molecule has 0 radical (unpaired) electrons. The molecule has 0 N–H and O–H groups in total. The summed E-state index contributed by atoms with van der Waals surface area (Å²) in [6.07, 6.45) is 5.72. The molecule has 102 valence electrons. The van der Waals surface area contributed by atoms with Gasteiger partial charge in [0.15, 0.2) is 5.16 Å². The SMILES string of the molecule is CC1CC(Sc2nnc(C3CC3)n2C2CC2)C(=O)O1. The molecule has 5 nitrogen and oxygen atoms in total. The van der Waals surface area contributed by atoms with Crippen LogP contribution >= 0.6 is 11.8 Å². The lowest BCUT2D eigenvalue weighted by Gasteiger charge is -2.09. The van der Waals surface area contributed by atoms with Gasteiger partial charge in [0.2, 0.25) is 0 Å². The van der Waals surface area contributed by atoms with Gasteiger partial charge in [0.05, 0.1) is 0 Å². The van der Waals surface area contributed by atoms with Gasteiger partial charge in [-0.15, -0.1) is 10.2 Å². The third-order valence-electron chi connectivity index (χ3n) is 3.92. The van der Waals surface area contributed by atoms with Gasteiger partial charge in [-0.2, -0.15) is 0 Å². The summed E-state index contributed by atoms with van der Waals surface area (Å²) in [5.41, 5.74) is 0. The van der Waals surface area contributed by atoms with Gasteiger partial charge < -0.3 is 9.30 Å². The van der Waals surface area contributed by atoms with Gasteiger partial charge in [-0.3, -0.25) is 4.79 Å². The molecule has 3 aliphatic rings. The quantitative estimate of drug-likeness (QED) is 0.791. The van der Waals surface area contributed by atoms with E-state index < -0.39 is 0 Å². The van der Waals surface area contributed by atoms with E-state index in [1.54, 1.807) is 0 Å². The normalized spacial score (nSPS) is 30.7. The fourth-order valence-corrected chi connectivity index (χ4v) is 3.83. The molecule has 1 saturated heterocycles. The first-order chi connectivity index (χ1) is 9.22. The van der Waals surface area contributed by atoms with Gasteiger partial charge in [0.25, 0.3) is 0 Å². The van der Waals surface area contributed by atoms with Crippen molar-refractivity contribution in [1.29, 1.82) is 0 Å². The standard InChI is InChI=1S/C13H17N3O2S/c1-7-6-10(12(17)18-7)19-13-15-14-11(8-2-3-8)16(13)9-4-5-9/h7-10H,2-6H2,1H3. The van der Waals surface area contributed by atoms with E-state index in [1.165, 1.54) is 37.4 Å². The van der Waals surface area contributed by atoms with Crippen molar-refractivity contribution in [2.45, 2.75) is 67.5 Å². The van der Waals surface area contributed by atoms with Gasteiger partial charge in [0, 0.05) is 18.4 Å². The van der Waals surface area contributed by atoms with E-state index in [0.29, 0.717) is 12.0 Å².